The normalized spacial score (nSPS) is 18.3. The first-order valence-corrected chi connectivity index (χ1v) is 5.55. The van der Waals surface area contributed by atoms with Gasteiger partial charge >= 0.3 is 0 Å². The van der Waals surface area contributed by atoms with Crippen LogP contribution in [0.4, 0.5) is 11.5 Å². The van der Waals surface area contributed by atoms with Gasteiger partial charge in [-0.25, -0.2) is 4.98 Å². The van der Waals surface area contributed by atoms with Gasteiger partial charge < -0.3 is 11.1 Å². The number of nitrogen functional groups attached to an aromatic ring is 1. The zero-order valence-corrected chi connectivity index (χ0v) is 9.51. The van der Waals surface area contributed by atoms with Gasteiger partial charge in [0.05, 0.1) is 11.9 Å². The zero-order valence-electron chi connectivity index (χ0n) is 9.51. The van der Waals surface area contributed by atoms with Crippen LogP contribution in [0.25, 0.3) is 0 Å². The second kappa shape index (κ2) is 3.72. The van der Waals surface area contributed by atoms with Crippen LogP contribution in [-0.2, 0) is 0 Å². The average Bonchev–Trinajstić information content (AvgIpc) is 2.17. The predicted molar refractivity (Wildman–Crippen MR) is 63.8 cm³/mol. The second-order valence-corrected chi connectivity index (χ2v) is 4.94. The molecule has 1 aromatic heterocycles. The van der Waals surface area contributed by atoms with Crippen LogP contribution >= 0.6 is 0 Å². The Bertz CT molecular complexity index is 356. The quantitative estimate of drug-likeness (QED) is 0.797. The Hall–Kier alpha value is -1.25. The molecule has 2 rings (SSSR count). The van der Waals surface area contributed by atoms with Crippen LogP contribution in [0.5, 0.6) is 0 Å². The van der Waals surface area contributed by atoms with Crippen molar-refractivity contribution in [2.45, 2.75) is 33.1 Å². The highest BCUT2D eigenvalue weighted by atomic mass is 15.0. The number of nitrogens with zero attached hydrogens (tertiary/aromatic N) is 1. The monoisotopic (exact) mass is 205 g/mol. The van der Waals surface area contributed by atoms with Gasteiger partial charge in [0, 0.05) is 6.54 Å². The number of nitrogens with two attached hydrogens (primary N) is 1. The summed E-state index contributed by atoms with van der Waals surface area (Å²) in [4.78, 5) is 4.26. The first-order valence-electron chi connectivity index (χ1n) is 5.55. The summed E-state index contributed by atoms with van der Waals surface area (Å²) < 4.78 is 0. The standard InChI is InChI=1S/C12H19N3/c1-9-6-11(14-7-10(9)13)15-8-12(2)4-3-5-12/h6-7H,3-5,8,13H2,1-2H3,(H,14,15). The molecule has 1 fully saturated rings. The lowest BCUT2D eigenvalue weighted by Crippen LogP contribution is -2.33. The summed E-state index contributed by atoms with van der Waals surface area (Å²) in [6.07, 6.45) is 5.75. The second-order valence-electron chi connectivity index (χ2n) is 4.94. The summed E-state index contributed by atoms with van der Waals surface area (Å²) in [5.41, 5.74) is 8.05. The minimum atomic E-state index is 0.483. The van der Waals surface area contributed by atoms with Gasteiger partial charge in [0.1, 0.15) is 5.82 Å². The average molecular weight is 205 g/mol. The Kier molecular flexibility index (Phi) is 2.55. The van der Waals surface area contributed by atoms with Gasteiger partial charge in [-0.3, -0.25) is 0 Å². The molecule has 1 heterocycles. The number of pyridine rings is 1. The summed E-state index contributed by atoms with van der Waals surface area (Å²) in [6, 6.07) is 2.01. The van der Waals surface area contributed by atoms with Gasteiger partial charge in [-0.2, -0.15) is 0 Å². The molecule has 0 saturated heterocycles. The van der Waals surface area contributed by atoms with Crippen molar-refractivity contribution in [3.63, 3.8) is 0 Å². The SMILES string of the molecule is Cc1cc(NCC2(C)CCC2)ncc1N. The molecular formula is C12H19N3. The van der Waals surface area contributed by atoms with Crippen LogP contribution in [0.15, 0.2) is 12.3 Å². The van der Waals surface area contributed by atoms with E-state index < -0.39 is 0 Å². The number of aromatic nitrogens is 1. The molecule has 3 heteroatoms. The molecule has 82 valence electrons. The number of anilines is 2. The van der Waals surface area contributed by atoms with Crippen LogP contribution in [0.1, 0.15) is 31.7 Å². The molecule has 15 heavy (non-hydrogen) atoms. The predicted octanol–water partition coefficient (Wildman–Crippen LogP) is 2.57. The molecule has 3 N–H and O–H groups in total. The number of hydrogen-bond acceptors (Lipinski definition) is 3. The Morgan fingerprint density at radius 1 is 1.53 bits per heavy atom. The third-order valence-corrected chi connectivity index (χ3v) is 3.41. The Balaban J connectivity index is 1.96. The maximum Gasteiger partial charge on any atom is 0.126 e. The summed E-state index contributed by atoms with van der Waals surface area (Å²) in [5.74, 6) is 0.940. The minimum absolute atomic E-state index is 0.483. The lowest BCUT2D eigenvalue weighted by molar-refractivity contribution is 0.180. The van der Waals surface area contributed by atoms with Crippen molar-refractivity contribution in [1.29, 1.82) is 0 Å². The smallest absolute Gasteiger partial charge is 0.126 e. The highest BCUT2D eigenvalue weighted by molar-refractivity contribution is 5.50. The number of aryl methyl sites for hydroxylation is 1. The highest BCUT2D eigenvalue weighted by Crippen LogP contribution is 2.40. The summed E-state index contributed by atoms with van der Waals surface area (Å²) in [6.45, 7) is 5.35. The van der Waals surface area contributed by atoms with E-state index in [2.05, 4.69) is 17.2 Å². The fourth-order valence-corrected chi connectivity index (χ4v) is 1.92. The molecule has 1 aromatic rings. The maximum absolute atomic E-state index is 5.72. The minimum Gasteiger partial charge on any atom is -0.397 e. The molecule has 0 spiro atoms. The highest BCUT2D eigenvalue weighted by Gasteiger charge is 2.31. The van der Waals surface area contributed by atoms with Crippen LogP contribution in [-0.4, -0.2) is 11.5 Å². The topological polar surface area (TPSA) is 50.9 Å². The lowest BCUT2D eigenvalue weighted by Gasteiger charge is -2.38. The van der Waals surface area contributed by atoms with E-state index in [0.29, 0.717) is 5.41 Å². The van der Waals surface area contributed by atoms with Crippen LogP contribution in [0.3, 0.4) is 0 Å². The van der Waals surface area contributed by atoms with Crippen molar-refractivity contribution in [2.75, 3.05) is 17.6 Å². The number of rotatable bonds is 3. The first kappa shape index (κ1) is 10.3. The largest absolute Gasteiger partial charge is 0.397 e. The van der Waals surface area contributed by atoms with Gasteiger partial charge in [-0.1, -0.05) is 13.3 Å². The third-order valence-electron chi connectivity index (χ3n) is 3.41. The third kappa shape index (κ3) is 2.22. The molecule has 0 unspecified atom stereocenters. The summed E-state index contributed by atoms with van der Waals surface area (Å²) in [7, 11) is 0. The number of nitrogens with one attached hydrogen (secondary N) is 1. The van der Waals surface area contributed by atoms with Crippen molar-refractivity contribution in [3.8, 4) is 0 Å². The fourth-order valence-electron chi connectivity index (χ4n) is 1.92. The maximum atomic E-state index is 5.72. The molecule has 3 nitrogen and oxygen atoms in total. The zero-order chi connectivity index (χ0) is 10.9. The Morgan fingerprint density at radius 2 is 2.27 bits per heavy atom. The van der Waals surface area contributed by atoms with E-state index in [1.807, 2.05) is 13.0 Å². The molecule has 0 amide bonds. The van der Waals surface area contributed by atoms with Crippen molar-refractivity contribution in [1.82, 2.24) is 4.98 Å². The van der Waals surface area contributed by atoms with E-state index in [0.717, 1.165) is 23.6 Å². The van der Waals surface area contributed by atoms with Crippen molar-refractivity contribution in [2.24, 2.45) is 5.41 Å². The molecule has 0 aromatic carbocycles. The van der Waals surface area contributed by atoms with Crippen LogP contribution in [0, 0.1) is 12.3 Å². The summed E-state index contributed by atoms with van der Waals surface area (Å²) in [5, 5.41) is 3.39. The van der Waals surface area contributed by atoms with Gasteiger partial charge in [0.2, 0.25) is 0 Å². The molecule has 0 atom stereocenters. The summed E-state index contributed by atoms with van der Waals surface area (Å²) >= 11 is 0. The molecule has 1 saturated carbocycles. The molecule has 0 bridgehead atoms. The van der Waals surface area contributed by atoms with Crippen LogP contribution in [0.2, 0.25) is 0 Å². The van der Waals surface area contributed by atoms with Gasteiger partial charge in [-0.15, -0.1) is 0 Å². The molecule has 0 aliphatic heterocycles. The van der Waals surface area contributed by atoms with Crippen molar-refractivity contribution in [3.05, 3.63) is 17.8 Å². The van der Waals surface area contributed by atoms with E-state index >= 15 is 0 Å². The van der Waals surface area contributed by atoms with Crippen molar-refractivity contribution < 1.29 is 0 Å². The lowest BCUT2D eigenvalue weighted by atomic mass is 9.70. The fraction of sp³-hybridized carbons (Fsp3) is 0.583. The molecule has 1 aliphatic carbocycles. The van der Waals surface area contributed by atoms with E-state index in [-0.39, 0.29) is 0 Å². The Labute approximate surface area is 91.1 Å². The molecular weight excluding hydrogens is 186 g/mol. The van der Waals surface area contributed by atoms with E-state index in [1.165, 1.54) is 19.3 Å². The van der Waals surface area contributed by atoms with Gasteiger partial charge in [-0.05, 0) is 36.8 Å². The molecule has 0 radical (unpaired) electrons. The van der Waals surface area contributed by atoms with Gasteiger partial charge in [0.25, 0.3) is 0 Å². The van der Waals surface area contributed by atoms with Crippen LogP contribution < -0.4 is 11.1 Å². The van der Waals surface area contributed by atoms with E-state index in [1.54, 1.807) is 6.20 Å². The Morgan fingerprint density at radius 3 is 2.80 bits per heavy atom. The first-order chi connectivity index (χ1) is 7.09. The van der Waals surface area contributed by atoms with E-state index in [4.69, 9.17) is 5.73 Å². The molecule has 1 aliphatic rings. The van der Waals surface area contributed by atoms with Gasteiger partial charge in [0.15, 0.2) is 0 Å². The van der Waals surface area contributed by atoms with E-state index in [9.17, 15) is 0 Å². The number of hydrogen-bond donors (Lipinski definition) is 2. The van der Waals surface area contributed by atoms with Crippen molar-refractivity contribution >= 4 is 11.5 Å².